The van der Waals surface area contributed by atoms with E-state index in [1.807, 2.05) is 26.0 Å². The molecule has 0 fully saturated rings. The maximum atomic E-state index is 12.7. The molecule has 0 radical (unpaired) electrons. The summed E-state index contributed by atoms with van der Waals surface area (Å²) in [4.78, 5) is 53.2. The highest BCUT2D eigenvalue weighted by Crippen LogP contribution is 2.17. The Bertz CT molecular complexity index is 1300. The lowest BCUT2D eigenvalue weighted by Crippen LogP contribution is -2.29. The molecule has 2 aromatic carbocycles. The molecule has 0 aliphatic carbocycles. The first-order valence-electron chi connectivity index (χ1n) is 10.1. The van der Waals surface area contributed by atoms with Gasteiger partial charge in [0.2, 0.25) is 5.91 Å². The number of amides is 2. The molecule has 2 N–H and O–H groups in total. The first-order chi connectivity index (χ1) is 15.7. The number of anilines is 2. The van der Waals surface area contributed by atoms with E-state index in [4.69, 9.17) is 0 Å². The summed E-state index contributed by atoms with van der Waals surface area (Å²) in [5, 5.41) is 5.73. The summed E-state index contributed by atoms with van der Waals surface area (Å²) in [6.45, 7) is 5.36. The Morgan fingerprint density at radius 2 is 1.73 bits per heavy atom. The Morgan fingerprint density at radius 3 is 2.42 bits per heavy atom. The van der Waals surface area contributed by atoms with Crippen LogP contribution in [-0.2, 0) is 11.8 Å². The van der Waals surface area contributed by atoms with E-state index in [1.54, 1.807) is 30.3 Å². The van der Waals surface area contributed by atoms with Gasteiger partial charge in [0.25, 0.3) is 11.5 Å². The molecule has 0 aliphatic rings. The number of hydrogen-bond donors (Lipinski definition) is 2. The Balaban J connectivity index is 1.66. The SMILES string of the molecule is CC(=O)c1cccc(NC(=O)CSc2ncc(C(=O)Nc3ccc(C)c(C)c3)c(=O)n2C)c1. The minimum Gasteiger partial charge on any atom is -0.325 e. The normalized spacial score (nSPS) is 10.5. The van der Waals surface area contributed by atoms with E-state index in [0.717, 1.165) is 22.9 Å². The number of thioether (sulfide) groups is 1. The topological polar surface area (TPSA) is 110 Å². The van der Waals surface area contributed by atoms with Crippen molar-refractivity contribution in [1.29, 1.82) is 0 Å². The van der Waals surface area contributed by atoms with Crippen LogP contribution >= 0.6 is 11.8 Å². The van der Waals surface area contributed by atoms with Gasteiger partial charge in [-0.2, -0.15) is 0 Å². The minimum atomic E-state index is -0.550. The van der Waals surface area contributed by atoms with E-state index in [2.05, 4.69) is 15.6 Å². The van der Waals surface area contributed by atoms with Gasteiger partial charge in [-0.15, -0.1) is 0 Å². The molecule has 2 amide bonds. The van der Waals surface area contributed by atoms with Crippen LogP contribution in [0.5, 0.6) is 0 Å². The highest BCUT2D eigenvalue weighted by Gasteiger charge is 2.16. The fourth-order valence-electron chi connectivity index (χ4n) is 2.98. The predicted octanol–water partition coefficient (Wildman–Crippen LogP) is 3.58. The summed E-state index contributed by atoms with van der Waals surface area (Å²) >= 11 is 1.07. The van der Waals surface area contributed by atoms with Crippen molar-refractivity contribution in [3.63, 3.8) is 0 Å². The van der Waals surface area contributed by atoms with Crippen molar-refractivity contribution < 1.29 is 14.4 Å². The van der Waals surface area contributed by atoms with E-state index in [1.165, 1.54) is 24.7 Å². The van der Waals surface area contributed by atoms with Crippen LogP contribution in [0.2, 0.25) is 0 Å². The van der Waals surface area contributed by atoms with E-state index < -0.39 is 11.5 Å². The third-order valence-corrected chi connectivity index (χ3v) is 6.06. The second kappa shape index (κ2) is 10.3. The quantitative estimate of drug-likeness (QED) is 0.314. The number of nitrogens with zero attached hydrogens (tertiary/aromatic N) is 2. The van der Waals surface area contributed by atoms with Crippen LogP contribution in [0.1, 0.15) is 38.8 Å². The van der Waals surface area contributed by atoms with Gasteiger partial charge >= 0.3 is 0 Å². The number of nitrogens with one attached hydrogen (secondary N) is 2. The Kier molecular flexibility index (Phi) is 7.44. The molecular formula is C24H24N4O4S. The summed E-state index contributed by atoms with van der Waals surface area (Å²) in [6.07, 6.45) is 1.22. The van der Waals surface area contributed by atoms with Crippen molar-refractivity contribution in [2.45, 2.75) is 25.9 Å². The monoisotopic (exact) mass is 464 g/mol. The minimum absolute atomic E-state index is 0.00122. The summed E-state index contributed by atoms with van der Waals surface area (Å²) in [5.41, 5.74) is 3.12. The molecule has 0 unspecified atom stereocenters. The van der Waals surface area contributed by atoms with E-state index in [0.29, 0.717) is 22.1 Å². The van der Waals surface area contributed by atoms with Crippen LogP contribution in [0.25, 0.3) is 0 Å². The number of ketones is 1. The number of aromatic nitrogens is 2. The van der Waals surface area contributed by atoms with Gasteiger partial charge in [0.15, 0.2) is 10.9 Å². The second-order valence-electron chi connectivity index (χ2n) is 7.55. The van der Waals surface area contributed by atoms with Gasteiger partial charge in [0.05, 0.1) is 5.75 Å². The van der Waals surface area contributed by atoms with E-state index >= 15 is 0 Å². The standard InChI is InChI=1S/C24H24N4O4S/c1-14-8-9-19(10-15(14)2)27-22(31)20-12-25-24(28(4)23(20)32)33-13-21(30)26-18-7-5-6-17(11-18)16(3)29/h5-12H,13H2,1-4H3,(H,26,30)(H,27,31). The summed E-state index contributed by atoms with van der Waals surface area (Å²) in [5.74, 6) is -0.961. The molecule has 33 heavy (non-hydrogen) atoms. The van der Waals surface area contributed by atoms with Gasteiger partial charge in [-0.05, 0) is 56.2 Å². The molecule has 3 aromatic rings. The molecule has 0 saturated heterocycles. The van der Waals surface area contributed by atoms with Crippen LogP contribution in [0.4, 0.5) is 11.4 Å². The molecule has 1 heterocycles. The molecule has 0 aliphatic heterocycles. The van der Waals surface area contributed by atoms with Gasteiger partial charge in [-0.1, -0.05) is 30.0 Å². The lowest BCUT2D eigenvalue weighted by atomic mass is 10.1. The zero-order chi connectivity index (χ0) is 24.1. The molecular weight excluding hydrogens is 440 g/mol. The third kappa shape index (κ3) is 5.95. The number of carbonyl (C=O) groups is 3. The molecule has 1 aromatic heterocycles. The average molecular weight is 465 g/mol. The number of benzene rings is 2. The van der Waals surface area contributed by atoms with Crippen molar-refractivity contribution >= 4 is 40.7 Å². The summed E-state index contributed by atoms with van der Waals surface area (Å²) in [7, 11) is 1.50. The van der Waals surface area contributed by atoms with Crippen molar-refractivity contribution in [3.8, 4) is 0 Å². The highest BCUT2D eigenvalue weighted by atomic mass is 32.2. The smallest absolute Gasteiger partial charge is 0.266 e. The lowest BCUT2D eigenvalue weighted by molar-refractivity contribution is -0.113. The molecule has 0 saturated carbocycles. The fourth-order valence-corrected chi connectivity index (χ4v) is 3.72. The van der Waals surface area contributed by atoms with Crippen molar-refractivity contribution in [1.82, 2.24) is 9.55 Å². The van der Waals surface area contributed by atoms with Crippen LogP contribution in [0, 0.1) is 13.8 Å². The summed E-state index contributed by atoms with van der Waals surface area (Å²) < 4.78 is 1.24. The van der Waals surface area contributed by atoms with Crippen LogP contribution in [0.15, 0.2) is 58.6 Å². The zero-order valence-corrected chi connectivity index (χ0v) is 19.6. The number of aryl methyl sites for hydroxylation is 2. The molecule has 9 heteroatoms. The maximum Gasteiger partial charge on any atom is 0.266 e. The molecule has 170 valence electrons. The van der Waals surface area contributed by atoms with E-state index in [9.17, 15) is 19.2 Å². The second-order valence-corrected chi connectivity index (χ2v) is 8.49. The molecule has 0 bridgehead atoms. The number of carbonyl (C=O) groups excluding carboxylic acids is 3. The fraction of sp³-hybridized carbons (Fsp3) is 0.208. The third-order valence-electron chi connectivity index (χ3n) is 5.02. The molecule has 8 nitrogen and oxygen atoms in total. The largest absolute Gasteiger partial charge is 0.325 e. The number of hydrogen-bond acceptors (Lipinski definition) is 6. The lowest BCUT2D eigenvalue weighted by Gasteiger charge is -2.11. The Labute approximate surface area is 195 Å². The Hall–Kier alpha value is -3.72. The predicted molar refractivity (Wildman–Crippen MR) is 129 cm³/mol. The van der Waals surface area contributed by atoms with Crippen molar-refractivity contribution in [3.05, 3.63) is 81.3 Å². The van der Waals surface area contributed by atoms with Crippen molar-refractivity contribution in [2.24, 2.45) is 7.05 Å². The van der Waals surface area contributed by atoms with Crippen LogP contribution in [-0.4, -0.2) is 32.9 Å². The number of rotatable bonds is 7. The van der Waals surface area contributed by atoms with E-state index in [-0.39, 0.29) is 23.0 Å². The van der Waals surface area contributed by atoms with Gasteiger partial charge < -0.3 is 10.6 Å². The van der Waals surface area contributed by atoms with Gasteiger partial charge in [-0.25, -0.2) is 4.98 Å². The first kappa shape index (κ1) is 23.9. The molecule has 0 atom stereocenters. The average Bonchev–Trinajstić information content (AvgIpc) is 2.77. The zero-order valence-electron chi connectivity index (χ0n) is 18.8. The van der Waals surface area contributed by atoms with Gasteiger partial charge in [0.1, 0.15) is 5.56 Å². The number of Topliss-reactive ketones (excluding diaryl/α,β-unsaturated/α-hetero) is 1. The van der Waals surface area contributed by atoms with Gasteiger partial charge in [-0.3, -0.25) is 23.7 Å². The Morgan fingerprint density at radius 1 is 1.00 bits per heavy atom. The van der Waals surface area contributed by atoms with Crippen molar-refractivity contribution in [2.75, 3.05) is 16.4 Å². The molecule has 0 spiro atoms. The van der Waals surface area contributed by atoms with Crippen LogP contribution in [0.3, 0.4) is 0 Å². The maximum absolute atomic E-state index is 12.7. The molecule has 3 rings (SSSR count). The summed E-state index contributed by atoms with van der Waals surface area (Å²) in [6, 6.07) is 12.1. The van der Waals surface area contributed by atoms with Gasteiger partial charge in [0, 0.05) is 30.2 Å². The highest BCUT2D eigenvalue weighted by molar-refractivity contribution is 7.99. The van der Waals surface area contributed by atoms with Crippen LogP contribution < -0.4 is 16.2 Å². The first-order valence-corrected chi connectivity index (χ1v) is 11.1.